The van der Waals surface area contributed by atoms with Crippen molar-refractivity contribution in [3.8, 4) is 11.5 Å². The van der Waals surface area contributed by atoms with Gasteiger partial charge in [-0.2, -0.15) is 0 Å². The summed E-state index contributed by atoms with van der Waals surface area (Å²) in [4.78, 5) is 25.8. The highest BCUT2D eigenvalue weighted by Crippen LogP contribution is 2.46. The topological polar surface area (TPSA) is 107 Å². The predicted octanol–water partition coefficient (Wildman–Crippen LogP) is 2.88. The molecule has 3 atom stereocenters. The highest BCUT2D eigenvalue weighted by atomic mass is 19.1. The van der Waals surface area contributed by atoms with Crippen molar-refractivity contribution in [2.24, 2.45) is 17.6 Å². The smallest absolute Gasteiger partial charge is 0.487 e. The number of nitrogens with zero attached hydrogens (tertiary/aromatic N) is 2. The number of fused-ring (bicyclic) bond motifs is 1. The monoisotopic (exact) mass is 429 g/mol. The van der Waals surface area contributed by atoms with Gasteiger partial charge in [-0.15, -0.1) is 0 Å². The van der Waals surface area contributed by atoms with Gasteiger partial charge in [-0.05, 0) is 43.9 Å². The lowest BCUT2D eigenvalue weighted by atomic mass is 9.80. The summed E-state index contributed by atoms with van der Waals surface area (Å²) in [7, 11) is 0. The molecule has 2 aromatic rings. The van der Waals surface area contributed by atoms with Gasteiger partial charge in [-0.1, -0.05) is 6.08 Å². The number of hydrogen-bond donors (Lipinski definition) is 2. The highest BCUT2D eigenvalue weighted by Gasteiger charge is 2.38. The van der Waals surface area contributed by atoms with Gasteiger partial charge < -0.3 is 29.8 Å². The Kier molecular flexibility index (Phi) is 4.65. The van der Waals surface area contributed by atoms with Crippen LogP contribution in [0.3, 0.4) is 0 Å². The molecule has 1 aliphatic carbocycles. The average Bonchev–Trinajstić information content (AvgIpc) is 3.16. The fourth-order valence-corrected chi connectivity index (χ4v) is 5.21. The Bertz CT molecular complexity index is 1170. The first-order valence-corrected chi connectivity index (χ1v) is 10.5. The number of carbonyl (C=O) groups is 1. The predicted molar refractivity (Wildman–Crippen MR) is 113 cm³/mol. The zero-order valence-corrected chi connectivity index (χ0v) is 17.1. The van der Waals surface area contributed by atoms with E-state index in [1.54, 1.807) is 4.57 Å². The third kappa shape index (κ3) is 3.06. The van der Waals surface area contributed by atoms with E-state index in [2.05, 4.69) is 10.8 Å². The molecule has 164 valence electrons. The van der Waals surface area contributed by atoms with E-state index in [0.29, 0.717) is 42.5 Å². The Balaban J connectivity index is 1.67. The number of ether oxygens (including phenoxy) is 2. The molecule has 1 fully saturated rings. The Hall–Kier alpha value is -3.07. The number of rotatable bonds is 3. The molecule has 31 heavy (non-hydrogen) atoms. The van der Waals surface area contributed by atoms with Crippen LogP contribution >= 0.6 is 0 Å². The van der Waals surface area contributed by atoms with Gasteiger partial charge >= 0.3 is 6.16 Å². The third-order valence-corrected chi connectivity index (χ3v) is 6.71. The first-order valence-electron chi connectivity index (χ1n) is 10.5. The summed E-state index contributed by atoms with van der Waals surface area (Å²) in [5, 5.41) is 9.00. The van der Waals surface area contributed by atoms with Crippen LogP contribution in [0.1, 0.15) is 25.8 Å². The number of pyridine rings is 1. The second kappa shape index (κ2) is 7.26. The minimum Gasteiger partial charge on any atom is -0.487 e. The molecule has 0 spiro atoms. The molecule has 0 saturated carbocycles. The maximum atomic E-state index is 15.4. The molecule has 1 saturated heterocycles. The van der Waals surface area contributed by atoms with Crippen molar-refractivity contribution in [2.45, 2.75) is 25.8 Å². The molecule has 3 heterocycles. The molecule has 9 heteroatoms. The molecule has 1 aromatic heterocycles. The lowest BCUT2D eigenvalue weighted by Crippen LogP contribution is -2.30. The quantitative estimate of drug-likeness (QED) is 0.571. The molecule has 2 aliphatic heterocycles. The van der Waals surface area contributed by atoms with Crippen molar-refractivity contribution in [3.63, 3.8) is 0 Å². The van der Waals surface area contributed by atoms with Crippen LogP contribution in [0.2, 0.25) is 0 Å². The molecule has 3 N–H and O–H groups in total. The average molecular weight is 429 g/mol. The van der Waals surface area contributed by atoms with Crippen molar-refractivity contribution < 1.29 is 23.8 Å². The van der Waals surface area contributed by atoms with Crippen molar-refractivity contribution in [1.82, 2.24) is 4.57 Å². The van der Waals surface area contributed by atoms with Crippen molar-refractivity contribution >= 4 is 22.7 Å². The number of halogens is 1. The molecule has 0 radical (unpaired) electrons. The SMILES string of the molecule is CC1COc2c(N3CC4=CCCC(CN)C4C3)c(F)cc3c(=O)c(OC(=O)O)cn1c23. The fourth-order valence-electron chi connectivity index (χ4n) is 5.21. The van der Waals surface area contributed by atoms with Crippen LogP contribution in [0.15, 0.2) is 28.7 Å². The van der Waals surface area contributed by atoms with Crippen molar-refractivity contribution in [3.05, 3.63) is 40.0 Å². The van der Waals surface area contributed by atoms with E-state index in [4.69, 9.17) is 15.6 Å². The summed E-state index contributed by atoms with van der Waals surface area (Å²) in [6.07, 6.45) is 4.02. The van der Waals surface area contributed by atoms with Crippen molar-refractivity contribution in [2.75, 3.05) is 31.1 Å². The van der Waals surface area contributed by atoms with Gasteiger partial charge in [0.25, 0.3) is 0 Å². The molecule has 8 nitrogen and oxygen atoms in total. The van der Waals surface area contributed by atoms with Crippen LogP contribution in [0.4, 0.5) is 14.9 Å². The molecular weight excluding hydrogens is 405 g/mol. The Morgan fingerprint density at radius 2 is 2.26 bits per heavy atom. The highest BCUT2D eigenvalue weighted by molar-refractivity contribution is 5.93. The van der Waals surface area contributed by atoms with Crippen molar-refractivity contribution in [1.29, 1.82) is 0 Å². The van der Waals surface area contributed by atoms with E-state index < -0.39 is 17.4 Å². The molecule has 0 amide bonds. The Labute approximate surface area is 177 Å². The molecular formula is C22H24FN3O5. The summed E-state index contributed by atoms with van der Waals surface area (Å²) in [6, 6.07) is 0.982. The van der Waals surface area contributed by atoms with E-state index in [1.165, 1.54) is 17.8 Å². The van der Waals surface area contributed by atoms with Crippen LogP contribution in [-0.2, 0) is 0 Å². The zero-order chi connectivity index (χ0) is 21.9. The molecule has 0 bridgehead atoms. The number of carboxylic acid groups (broad SMARTS) is 1. The van der Waals surface area contributed by atoms with E-state index in [0.717, 1.165) is 12.8 Å². The molecule has 3 aliphatic rings. The number of anilines is 1. The van der Waals surface area contributed by atoms with Gasteiger partial charge in [-0.3, -0.25) is 4.79 Å². The van der Waals surface area contributed by atoms with Crippen LogP contribution in [-0.4, -0.2) is 42.1 Å². The number of aromatic nitrogens is 1. The summed E-state index contributed by atoms with van der Waals surface area (Å²) in [5.41, 5.74) is 7.37. The maximum absolute atomic E-state index is 15.4. The first-order chi connectivity index (χ1) is 14.9. The second-order valence-electron chi connectivity index (χ2n) is 8.53. The zero-order valence-electron chi connectivity index (χ0n) is 17.1. The maximum Gasteiger partial charge on any atom is 0.511 e. The summed E-state index contributed by atoms with van der Waals surface area (Å²) in [6.45, 7) is 3.98. The van der Waals surface area contributed by atoms with Gasteiger partial charge in [0.1, 0.15) is 12.3 Å². The van der Waals surface area contributed by atoms with Crippen LogP contribution in [0, 0.1) is 17.7 Å². The number of benzene rings is 1. The van der Waals surface area contributed by atoms with E-state index in [-0.39, 0.29) is 29.7 Å². The largest absolute Gasteiger partial charge is 0.511 e. The van der Waals surface area contributed by atoms with E-state index in [1.807, 2.05) is 11.8 Å². The van der Waals surface area contributed by atoms with Gasteiger partial charge in [0.15, 0.2) is 17.3 Å². The Morgan fingerprint density at radius 1 is 1.45 bits per heavy atom. The summed E-state index contributed by atoms with van der Waals surface area (Å²) in [5.74, 6) is 0.0548. The summed E-state index contributed by atoms with van der Waals surface area (Å²) < 4.78 is 27.8. The van der Waals surface area contributed by atoms with E-state index in [9.17, 15) is 9.59 Å². The minimum atomic E-state index is -1.59. The lowest BCUT2D eigenvalue weighted by Gasteiger charge is -2.31. The van der Waals surface area contributed by atoms with Gasteiger partial charge in [0.2, 0.25) is 5.43 Å². The fraction of sp³-hybridized carbons (Fsp3) is 0.455. The third-order valence-electron chi connectivity index (χ3n) is 6.71. The van der Waals surface area contributed by atoms with Gasteiger partial charge in [0, 0.05) is 19.0 Å². The number of allylic oxidation sites excluding steroid dienone is 1. The lowest BCUT2D eigenvalue weighted by molar-refractivity contribution is 0.143. The normalized spacial score (nSPS) is 24.5. The minimum absolute atomic E-state index is 0.0391. The first kappa shape index (κ1) is 19.9. The van der Waals surface area contributed by atoms with Crippen LogP contribution in [0.5, 0.6) is 11.5 Å². The second-order valence-corrected chi connectivity index (χ2v) is 8.53. The standard InChI is InChI=1S/C22H24FN3O5/c1-11-10-30-21-18-14(20(27)17(9-26(11)18)31-22(28)29)5-16(23)19(21)25-7-13-4-2-3-12(6-24)15(13)8-25/h4-5,9,11-12,15H,2-3,6-8,10,24H2,1H3,(H,28,29). The molecule has 1 aromatic carbocycles. The van der Waals surface area contributed by atoms with Crippen LogP contribution in [0.25, 0.3) is 10.9 Å². The number of hydrogen-bond acceptors (Lipinski definition) is 6. The van der Waals surface area contributed by atoms with Gasteiger partial charge in [0.05, 0.1) is 23.1 Å². The van der Waals surface area contributed by atoms with Crippen LogP contribution < -0.4 is 25.5 Å². The van der Waals surface area contributed by atoms with E-state index >= 15 is 4.39 Å². The Morgan fingerprint density at radius 3 is 3.00 bits per heavy atom. The number of nitrogens with two attached hydrogens (primary N) is 1. The van der Waals surface area contributed by atoms with Gasteiger partial charge in [-0.25, -0.2) is 9.18 Å². The molecule has 5 rings (SSSR count). The molecule has 3 unspecified atom stereocenters. The summed E-state index contributed by atoms with van der Waals surface area (Å²) >= 11 is 0.